The second-order valence-corrected chi connectivity index (χ2v) is 3.17. The molecule has 0 aliphatic heterocycles. The topological polar surface area (TPSA) is 17.8 Å². The van der Waals surface area contributed by atoms with Gasteiger partial charge < -0.3 is 0 Å². The molecule has 1 aromatic rings. The molecule has 0 aromatic carbocycles. The largest absolute Gasteiger partial charge is 0.435 e. The van der Waals surface area contributed by atoms with Crippen LogP contribution in [0.2, 0.25) is 0 Å². The molecule has 2 nitrogen and oxygen atoms in total. The molecule has 0 aliphatic rings. The molecule has 0 saturated heterocycles. The fourth-order valence-electron chi connectivity index (χ4n) is 1.16. The summed E-state index contributed by atoms with van der Waals surface area (Å²) in [7, 11) is 0. The van der Waals surface area contributed by atoms with E-state index in [0.29, 0.717) is 6.54 Å². The highest BCUT2D eigenvalue weighted by Crippen LogP contribution is 2.27. The summed E-state index contributed by atoms with van der Waals surface area (Å²) >= 11 is 0. The predicted molar refractivity (Wildman–Crippen MR) is 58.1 cm³/mol. The molecule has 1 rings (SSSR count). The summed E-state index contributed by atoms with van der Waals surface area (Å²) in [6.45, 7) is 6.61. The molecule has 94 valence electrons. The van der Waals surface area contributed by atoms with Gasteiger partial charge in [-0.1, -0.05) is 33.6 Å². The normalized spacial score (nSPS) is 10.9. The lowest BCUT2D eigenvalue weighted by Gasteiger charge is -2.02. The summed E-state index contributed by atoms with van der Waals surface area (Å²) in [4.78, 5) is 0. The third kappa shape index (κ3) is 5.19. The van der Waals surface area contributed by atoms with Gasteiger partial charge in [0.15, 0.2) is 5.69 Å². The van der Waals surface area contributed by atoms with Crippen molar-refractivity contribution in [1.82, 2.24) is 9.78 Å². The molecular formula is C11H19F3N2. The van der Waals surface area contributed by atoms with Crippen LogP contribution in [0.1, 0.15) is 45.7 Å². The van der Waals surface area contributed by atoms with Gasteiger partial charge in [-0.15, -0.1) is 0 Å². The zero-order chi connectivity index (χ0) is 12.6. The van der Waals surface area contributed by atoms with Gasteiger partial charge in [0.1, 0.15) is 0 Å². The van der Waals surface area contributed by atoms with Crippen molar-refractivity contribution in [2.45, 2.75) is 52.8 Å². The molecule has 0 unspecified atom stereocenters. The van der Waals surface area contributed by atoms with Gasteiger partial charge in [-0.2, -0.15) is 18.3 Å². The lowest BCUT2D eigenvalue weighted by atomic mass is 10.2. The van der Waals surface area contributed by atoms with Crippen molar-refractivity contribution in [3.63, 3.8) is 0 Å². The van der Waals surface area contributed by atoms with Gasteiger partial charge in [0.25, 0.3) is 0 Å². The molecule has 1 heterocycles. The van der Waals surface area contributed by atoms with Crippen molar-refractivity contribution >= 4 is 0 Å². The maximum absolute atomic E-state index is 12.1. The van der Waals surface area contributed by atoms with Gasteiger partial charge in [-0.05, 0) is 12.5 Å². The number of unbranched alkanes of at least 4 members (excludes halogenated alkanes) is 2. The standard InChI is InChI=1S/C9H13F3N2.C2H6/c1-2-3-4-6-14-7-5-8(13-14)9(10,11)12;1-2/h5,7H,2-4,6H2,1H3;1-2H3. The van der Waals surface area contributed by atoms with Crippen molar-refractivity contribution in [2.24, 2.45) is 0 Å². The van der Waals surface area contributed by atoms with E-state index in [1.165, 1.54) is 10.9 Å². The van der Waals surface area contributed by atoms with E-state index in [1.807, 2.05) is 20.8 Å². The number of nitrogens with zero attached hydrogens (tertiary/aromatic N) is 2. The molecule has 16 heavy (non-hydrogen) atoms. The van der Waals surface area contributed by atoms with E-state index >= 15 is 0 Å². The van der Waals surface area contributed by atoms with Crippen LogP contribution in [0.25, 0.3) is 0 Å². The van der Waals surface area contributed by atoms with E-state index in [2.05, 4.69) is 5.10 Å². The Balaban J connectivity index is 0.00000106. The highest BCUT2D eigenvalue weighted by Gasteiger charge is 2.33. The Bertz CT molecular complexity index is 279. The van der Waals surface area contributed by atoms with Crippen LogP contribution in [-0.4, -0.2) is 9.78 Å². The van der Waals surface area contributed by atoms with E-state index in [1.54, 1.807) is 0 Å². The van der Waals surface area contributed by atoms with Crippen molar-refractivity contribution in [2.75, 3.05) is 0 Å². The summed E-state index contributed by atoms with van der Waals surface area (Å²) < 4.78 is 37.7. The average molecular weight is 236 g/mol. The Hall–Kier alpha value is -1.00. The van der Waals surface area contributed by atoms with E-state index < -0.39 is 11.9 Å². The van der Waals surface area contributed by atoms with Crippen LogP contribution in [0.3, 0.4) is 0 Å². The van der Waals surface area contributed by atoms with Gasteiger partial charge in [-0.25, -0.2) is 0 Å². The molecule has 0 bridgehead atoms. The SMILES string of the molecule is CC.CCCCCn1ccc(C(F)(F)F)n1. The molecule has 0 atom stereocenters. The minimum absolute atomic E-state index is 0.559. The number of aryl methyl sites for hydroxylation is 1. The maximum atomic E-state index is 12.1. The van der Waals surface area contributed by atoms with Gasteiger partial charge in [0.2, 0.25) is 0 Å². The molecule has 0 aliphatic carbocycles. The van der Waals surface area contributed by atoms with Gasteiger partial charge >= 0.3 is 6.18 Å². The molecule has 1 aromatic heterocycles. The monoisotopic (exact) mass is 236 g/mol. The Morgan fingerprint density at radius 3 is 2.31 bits per heavy atom. The number of halogens is 3. The quantitative estimate of drug-likeness (QED) is 0.719. The van der Waals surface area contributed by atoms with E-state index in [9.17, 15) is 13.2 Å². The Morgan fingerprint density at radius 1 is 1.25 bits per heavy atom. The Labute approximate surface area is 94.5 Å². The Kier molecular flexibility index (Phi) is 6.85. The molecule has 5 heteroatoms. The summed E-state index contributed by atoms with van der Waals surface area (Å²) in [5.41, 5.74) is -0.811. The fraction of sp³-hybridized carbons (Fsp3) is 0.727. The van der Waals surface area contributed by atoms with Crippen molar-refractivity contribution in [3.05, 3.63) is 18.0 Å². The average Bonchev–Trinajstić information content (AvgIpc) is 2.69. The second-order valence-electron chi connectivity index (χ2n) is 3.17. The zero-order valence-corrected chi connectivity index (χ0v) is 10.0. The first-order valence-electron chi connectivity index (χ1n) is 5.64. The molecule has 0 saturated carbocycles. The molecule has 0 radical (unpaired) electrons. The van der Waals surface area contributed by atoms with Crippen LogP contribution in [0.5, 0.6) is 0 Å². The minimum atomic E-state index is -4.32. The smallest absolute Gasteiger partial charge is 0.272 e. The number of alkyl halides is 3. The van der Waals surface area contributed by atoms with Crippen LogP contribution >= 0.6 is 0 Å². The molecule has 0 fully saturated rings. The van der Waals surface area contributed by atoms with Crippen LogP contribution in [0.4, 0.5) is 13.2 Å². The lowest BCUT2D eigenvalue weighted by molar-refractivity contribution is -0.141. The van der Waals surface area contributed by atoms with Gasteiger partial charge in [-0.3, -0.25) is 4.68 Å². The van der Waals surface area contributed by atoms with E-state index in [-0.39, 0.29) is 0 Å². The summed E-state index contributed by atoms with van der Waals surface area (Å²) in [5.74, 6) is 0. The number of hydrogen-bond acceptors (Lipinski definition) is 1. The molecule has 0 N–H and O–H groups in total. The molecule has 0 spiro atoms. The number of rotatable bonds is 4. The van der Waals surface area contributed by atoms with Crippen molar-refractivity contribution < 1.29 is 13.2 Å². The summed E-state index contributed by atoms with van der Waals surface area (Å²) in [6, 6.07) is 1.01. The van der Waals surface area contributed by atoms with Gasteiger partial charge in [0.05, 0.1) is 0 Å². The fourth-order valence-corrected chi connectivity index (χ4v) is 1.16. The van der Waals surface area contributed by atoms with Crippen LogP contribution in [0, 0.1) is 0 Å². The first-order valence-corrected chi connectivity index (χ1v) is 5.64. The summed E-state index contributed by atoms with van der Waals surface area (Å²) in [5, 5.41) is 3.44. The highest BCUT2D eigenvalue weighted by molar-refractivity contribution is 5.02. The van der Waals surface area contributed by atoms with E-state index in [4.69, 9.17) is 0 Å². The van der Waals surface area contributed by atoms with Crippen LogP contribution < -0.4 is 0 Å². The summed E-state index contributed by atoms with van der Waals surface area (Å²) in [6.07, 6.45) is -0.0153. The van der Waals surface area contributed by atoms with Gasteiger partial charge in [0, 0.05) is 12.7 Å². The Morgan fingerprint density at radius 2 is 1.88 bits per heavy atom. The first-order chi connectivity index (χ1) is 7.54. The lowest BCUT2D eigenvalue weighted by Crippen LogP contribution is -2.08. The maximum Gasteiger partial charge on any atom is 0.435 e. The number of aromatic nitrogens is 2. The third-order valence-corrected chi connectivity index (χ3v) is 1.92. The van der Waals surface area contributed by atoms with E-state index in [0.717, 1.165) is 25.3 Å². The zero-order valence-electron chi connectivity index (χ0n) is 10.0. The van der Waals surface area contributed by atoms with Crippen molar-refractivity contribution in [1.29, 1.82) is 0 Å². The van der Waals surface area contributed by atoms with Crippen LogP contribution in [-0.2, 0) is 12.7 Å². The highest BCUT2D eigenvalue weighted by atomic mass is 19.4. The minimum Gasteiger partial charge on any atom is -0.272 e. The number of hydrogen-bond donors (Lipinski definition) is 0. The molecular weight excluding hydrogens is 217 g/mol. The molecule has 0 amide bonds. The first kappa shape index (κ1) is 15.0. The second kappa shape index (κ2) is 7.30. The van der Waals surface area contributed by atoms with Crippen molar-refractivity contribution in [3.8, 4) is 0 Å². The third-order valence-electron chi connectivity index (χ3n) is 1.92. The predicted octanol–water partition coefficient (Wildman–Crippen LogP) is 4.12. The van der Waals surface area contributed by atoms with Crippen LogP contribution in [0.15, 0.2) is 12.3 Å².